The van der Waals surface area contributed by atoms with Gasteiger partial charge < -0.3 is 9.64 Å². The molecule has 2 aliphatic rings. The first kappa shape index (κ1) is 19.7. The van der Waals surface area contributed by atoms with Gasteiger partial charge in [0.15, 0.2) is 0 Å². The van der Waals surface area contributed by atoms with E-state index in [1.165, 1.54) is 17.5 Å². The maximum absolute atomic E-state index is 13.1. The third-order valence-corrected chi connectivity index (χ3v) is 7.30. The number of nitrogens with zero attached hydrogens (tertiary/aromatic N) is 4. The topological polar surface area (TPSA) is 75.6 Å². The molecule has 2 heterocycles. The molecule has 1 aromatic heterocycles. The van der Waals surface area contributed by atoms with Crippen molar-refractivity contribution in [2.45, 2.75) is 23.7 Å². The van der Waals surface area contributed by atoms with Crippen molar-refractivity contribution in [3.63, 3.8) is 0 Å². The van der Waals surface area contributed by atoms with Crippen LogP contribution in [-0.4, -0.2) is 56.0 Å². The summed E-state index contributed by atoms with van der Waals surface area (Å²) in [5.74, 6) is 2.21. The summed E-state index contributed by atoms with van der Waals surface area (Å²) in [6.45, 7) is 1.69. The van der Waals surface area contributed by atoms with Crippen LogP contribution in [0.4, 0.5) is 5.82 Å². The van der Waals surface area contributed by atoms with E-state index in [9.17, 15) is 8.42 Å². The van der Waals surface area contributed by atoms with Crippen molar-refractivity contribution in [1.82, 2.24) is 14.3 Å². The molecule has 7 nitrogen and oxygen atoms in total. The van der Waals surface area contributed by atoms with E-state index in [1.807, 2.05) is 4.90 Å². The van der Waals surface area contributed by atoms with E-state index in [1.54, 1.807) is 18.2 Å². The molecular weight excluding hydrogens is 423 g/mol. The summed E-state index contributed by atoms with van der Waals surface area (Å²) in [5.41, 5.74) is 0. The normalized spacial score (nSPS) is 18.3. The molecule has 1 saturated heterocycles. The maximum atomic E-state index is 13.1. The van der Waals surface area contributed by atoms with Gasteiger partial charge in [-0.15, -0.1) is 0 Å². The predicted molar refractivity (Wildman–Crippen MR) is 108 cm³/mol. The Balaban J connectivity index is 1.52. The minimum Gasteiger partial charge on any atom is -0.495 e. The summed E-state index contributed by atoms with van der Waals surface area (Å²) in [6, 6.07) is 6.33. The van der Waals surface area contributed by atoms with Crippen LogP contribution in [0.15, 0.2) is 29.2 Å². The molecule has 10 heteroatoms. The summed E-state index contributed by atoms with van der Waals surface area (Å²) in [6.07, 6.45) is 2.18. The highest BCUT2D eigenvalue weighted by Gasteiger charge is 2.32. The molecule has 0 radical (unpaired) electrons. The second-order valence-electron chi connectivity index (χ2n) is 6.87. The predicted octanol–water partition coefficient (Wildman–Crippen LogP) is 3.18. The van der Waals surface area contributed by atoms with Crippen LogP contribution in [0, 0.1) is 0 Å². The van der Waals surface area contributed by atoms with Crippen LogP contribution < -0.4 is 9.64 Å². The van der Waals surface area contributed by atoms with Gasteiger partial charge >= 0.3 is 0 Å². The number of methoxy groups -OCH3 is 1. The lowest BCUT2D eigenvalue weighted by molar-refractivity contribution is 0.373. The van der Waals surface area contributed by atoms with Gasteiger partial charge in [-0.25, -0.2) is 18.4 Å². The molecule has 2 fully saturated rings. The van der Waals surface area contributed by atoms with Gasteiger partial charge in [0.05, 0.1) is 7.11 Å². The lowest BCUT2D eigenvalue weighted by Gasteiger charge is -2.35. The Kier molecular flexibility index (Phi) is 5.39. The zero-order valence-corrected chi connectivity index (χ0v) is 17.6. The van der Waals surface area contributed by atoms with E-state index in [4.69, 9.17) is 27.9 Å². The van der Waals surface area contributed by atoms with Crippen molar-refractivity contribution in [2.75, 3.05) is 38.2 Å². The van der Waals surface area contributed by atoms with Crippen molar-refractivity contribution in [3.05, 3.63) is 40.3 Å². The van der Waals surface area contributed by atoms with Gasteiger partial charge in [0.25, 0.3) is 0 Å². The molecule has 1 aromatic carbocycles. The number of hydrogen-bond donors (Lipinski definition) is 0. The SMILES string of the molecule is COc1ccc(Cl)cc1S(=O)(=O)N1CCN(c2cc(Cl)nc(C3CC3)n2)CC1. The van der Waals surface area contributed by atoms with Crippen LogP contribution in [0.3, 0.4) is 0 Å². The molecule has 150 valence electrons. The molecular formula is C18H20Cl2N4O3S. The van der Waals surface area contributed by atoms with Gasteiger partial charge in [0, 0.05) is 43.2 Å². The quantitative estimate of drug-likeness (QED) is 0.661. The van der Waals surface area contributed by atoms with Crippen molar-refractivity contribution >= 4 is 39.0 Å². The highest BCUT2D eigenvalue weighted by molar-refractivity contribution is 7.89. The molecule has 1 aliphatic heterocycles. The minimum atomic E-state index is -3.71. The molecule has 0 spiro atoms. The lowest BCUT2D eigenvalue weighted by Crippen LogP contribution is -2.49. The van der Waals surface area contributed by atoms with E-state index >= 15 is 0 Å². The van der Waals surface area contributed by atoms with Gasteiger partial charge in [0.2, 0.25) is 10.0 Å². The highest BCUT2D eigenvalue weighted by atomic mass is 35.5. The van der Waals surface area contributed by atoms with Crippen LogP contribution in [-0.2, 0) is 10.0 Å². The molecule has 0 unspecified atom stereocenters. The Labute approximate surface area is 174 Å². The largest absolute Gasteiger partial charge is 0.495 e. The van der Waals surface area contributed by atoms with Crippen molar-refractivity contribution < 1.29 is 13.2 Å². The van der Waals surface area contributed by atoms with Crippen LogP contribution in [0.2, 0.25) is 10.2 Å². The van der Waals surface area contributed by atoms with Gasteiger partial charge in [-0.1, -0.05) is 23.2 Å². The number of ether oxygens (including phenoxy) is 1. The van der Waals surface area contributed by atoms with Crippen molar-refractivity contribution in [3.8, 4) is 5.75 Å². The van der Waals surface area contributed by atoms with E-state index in [2.05, 4.69) is 9.97 Å². The minimum absolute atomic E-state index is 0.0806. The smallest absolute Gasteiger partial charge is 0.246 e. The molecule has 2 aromatic rings. The summed E-state index contributed by atoms with van der Waals surface area (Å²) in [5, 5.41) is 0.770. The third kappa shape index (κ3) is 3.91. The van der Waals surface area contributed by atoms with Crippen molar-refractivity contribution in [1.29, 1.82) is 0 Å². The highest BCUT2D eigenvalue weighted by Crippen LogP contribution is 2.39. The lowest BCUT2D eigenvalue weighted by atomic mass is 10.3. The molecule has 28 heavy (non-hydrogen) atoms. The molecule has 1 saturated carbocycles. The Morgan fingerprint density at radius 1 is 1.07 bits per heavy atom. The first-order chi connectivity index (χ1) is 13.4. The average Bonchev–Trinajstić information content (AvgIpc) is 3.53. The average molecular weight is 443 g/mol. The number of sulfonamides is 1. The van der Waals surface area contributed by atoms with E-state index in [0.717, 1.165) is 24.5 Å². The Bertz CT molecular complexity index is 990. The van der Waals surface area contributed by atoms with Gasteiger partial charge in [-0.2, -0.15) is 4.31 Å². The Hall–Kier alpha value is -1.61. The Morgan fingerprint density at radius 2 is 1.79 bits per heavy atom. The summed E-state index contributed by atoms with van der Waals surface area (Å²) < 4.78 is 32.8. The first-order valence-electron chi connectivity index (χ1n) is 9.01. The summed E-state index contributed by atoms with van der Waals surface area (Å²) in [4.78, 5) is 11.1. The Morgan fingerprint density at radius 3 is 2.43 bits per heavy atom. The molecule has 0 N–H and O–H groups in total. The zero-order chi connectivity index (χ0) is 19.9. The molecule has 0 amide bonds. The number of piperazine rings is 1. The van der Waals surface area contributed by atoms with E-state index in [-0.39, 0.29) is 10.6 Å². The standard InChI is InChI=1S/C18H20Cl2N4O3S/c1-27-14-5-4-13(19)10-15(14)28(25,26)24-8-6-23(7-9-24)17-11-16(20)21-18(22-17)12-2-3-12/h4-5,10-12H,2-3,6-9H2,1H3. The zero-order valence-electron chi connectivity index (χ0n) is 15.3. The molecule has 4 rings (SSSR count). The van der Waals surface area contributed by atoms with E-state index in [0.29, 0.717) is 42.3 Å². The third-order valence-electron chi connectivity index (χ3n) is 4.95. The van der Waals surface area contributed by atoms with Gasteiger partial charge in [-0.05, 0) is 31.0 Å². The molecule has 0 atom stereocenters. The summed E-state index contributed by atoms with van der Waals surface area (Å²) in [7, 11) is -2.27. The number of benzene rings is 1. The van der Waals surface area contributed by atoms with Crippen LogP contribution >= 0.6 is 23.2 Å². The van der Waals surface area contributed by atoms with E-state index < -0.39 is 10.0 Å². The second-order valence-corrected chi connectivity index (χ2v) is 9.60. The molecule has 1 aliphatic carbocycles. The van der Waals surface area contributed by atoms with Crippen LogP contribution in [0.25, 0.3) is 0 Å². The second kappa shape index (κ2) is 7.67. The van der Waals surface area contributed by atoms with Crippen LogP contribution in [0.1, 0.15) is 24.6 Å². The first-order valence-corrected chi connectivity index (χ1v) is 11.2. The van der Waals surface area contributed by atoms with Crippen LogP contribution in [0.5, 0.6) is 5.75 Å². The number of rotatable bonds is 5. The number of anilines is 1. The fourth-order valence-electron chi connectivity index (χ4n) is 3.26. The van der Waals surface area contributed by atoms with Gasteiger partial charge in [0.1, 0.15) is 27.4 Å². The number of halogens is 2. The van der Waals surface area contributed by atoms with Gasteiger partial charge in [-0.3, -0.25) is 0 Å². The number of hydrogen-bond acceptors (Lipinski definition) is 6. The van der Waals surface area contributed by atoms with Crippen molar-refractivity contribution in [2.24, 2.45) is 0 Å². The molecule has 0 bridgehead atoms. The number of aromatic nitrogens is 2. The fraction of sp³-hybridized carbons (Fsp3) is 0.444. The monoisotopic (exact) mass is 442 g/mol. The maximum Gasteiger partial charge on any atom is 0.246 e. The summed E-state index contributed by atoms with van der Waals surface area (Å²) >= 11 is 12.2. The fourth-order valence-corrected chi connectivity index (χ4v) is 5.28.